The number of hydrogen-bond donors (Lipinski definition) is 3. The van der Waals surface area contributed by atoms with Crippen LogP contribution in [0.4, 0.5) is 0 Å². The SMILES string of the molecule is COC(=O)[C@@H]1N[B-]2(C(CC(=O)[C@@H](NC(=O)c3cccc(-c4ccccc4)n3)[C@@H](C)O)CC(C)C)OC(=O)[C@@H]1O2. The number of Topliss-reactive ketones (excluding diaryl/α,β-unsaturated/α-hetero) is 1. The number of esters is 1. The molecule has 208 valence electrons. The summed E-state index contributed by atoms with van der Waals surface area (Å²) in [5, 5.41) is 16.0. The number of ether oxygens (including phenoxy) is 1. The molecule has 1 aromatic heterocycles. The molecular formula is C27H33BN3O8-. The van der Waals surface area contributed by atoms with Crippen molar-refractivity contribution in [2.45, 2.75) is 63.7 Å². The number of fused-ring (bicyclic) bond motifs is 2. The van der Waals surface area contributed by atoms with E-state index in [0.29, 0.717) is 12.1 Å². The smallest absolute Gasteiger partial charge is 0.376 e. The van der Waals surface area contributed by atoms with Gasteiger partial charge in [-0.2, -0.15) is 0 Å². The molecule has 2 aromatic rings. The van der Waals surface area contributed by atoms with Gasteiger partial charge in [-0.1, -0.05) is 62.5 Å². The van der Waals surface area contributed by atoms with E-state index < -0.39 is 60.4 Å². The van der Waals surface area contributed by atoms with Crippen molar-refractivity contribution in [3.8, 4) is 11.3 Å². The van der Waals surface area contributed by atoms with Gasteiger partial charge in [-0.3, -0.25) is 19.2 Å². The van der Waals surface area contributed by atoms with Crippen molar-refractivity contribution in [3.05, 3.63) is 54.2 Å². The zero-order chi connectivity index (χ0) is 28.3. The molecule has 3 N–H and O–H groups in total. The van der Waals surface area contributed by atoms with Crippen molar-refractivity contribution in [1.82, 2.24) is 15.5 Å². The normalized spacial score (nSPS) is 24.1. The summed E-state index contributed by atoms with van der Waals surface area (Å²) in [5.74, 6) is -3.05. The molecule has 39 heavy (non-hydrogen) atoms. The van der Waals surface area contributed by atoms with E-state index in [1.54, 1.807) is 12.1 Å². The van der Waals surface area contributed by atoms with E-state index in [0.717, 1.165) is 5.56 Å². The van der Waals surface area contributed by atoms with Crippen molar-refractivity contribution in [1.29, 1.82) is 0 Å². The topological polar surface area (TPSA) is 153 Å². The van der Waals surface area contributed by atoms with Crippen molar-refractivity contribution < 1.29 is 38.3 Å². The number of amides is 1. The number of ketones is 1. The number of aliphatic hydroxyl groups is 1. The molecule has 1 amide bonds. The Morgan fingerprint density at radius 1 is 1.13 bits per heavy atom. The number of benzene rings is 1. The molecule has 0 aliphatic carbocycles. The number of hydrogen-bond acceptors (Lipinski definition) is 10. The molecule has 0 radical (unpaired) electrons. The van der Waals surface area contributed by atoms with E-state index in [1.807, 2.05) is 44.2 Å². The summed E-state index contributed by atoms with van der Waals surface area (Å²) >= 11 is 0. The van der Waals surface area contributed by atoms with Gasteiger partial charge in [0.25, 0.3) is 11.9 Å². The zero-order valence-electron chi connectivity index (χ0n) is 22.3. The Hall–Kier alpha value is -3.61. The van der Waals surface area contributed by atoms with Crippen molar-refractivity contribution in [2.24, 2.45) is 5.92 Å². The molecule has 2 saturated heterocycles. The first-order chi connectivity index (χ1) is 18.5. The number of methoxy groups -OCH3 is 1. The van der Waals surface area contributed by atoms with Gasteiger partial charge in [0.05, 0.1) is 18.9 Å². The molecule has 0 saturated carbocycles. The fourth-order valence-electron chi connectivity index (χ4n) is 5.25. The highest BCUT2D eigenvalue weighted by Crippen LogP contribution is 2.42. The van der Waals surface area contributed by atoms with Crippen LogP contribution in [-0.2, 0) is 28.4 Å². The first-order valence-corrected chi connectivity index (χ1v) is 13.0. The lowest BCUT2D eigenvalue weighted by molar-refractivity contribution is -0.150. The first-order valence-electron chi connectivity index (χ1n) is 13.0. The summed E-state index contributed by atoms with van der Waals surface area (Å²) in [4.78, 5) is 55.7. The van der Waals surface area contributed by atoms with E-state index in [4.69, 9.17) is 14.0 Å². The zero-order valence-corrected chi connectivity index (χ0v) is 22.3. The third-order valence-corrected chi connectivity index (χ3v) is 7.07. The molecule has 12 heteroatoms. The second-order valence-electron chi connectivity index (χ2n) is 10.5. The lowest BCUT2D eigenvalue weighted by atomic mass is 9.54. The van der Waals surface area contributed by atoms with Crippen molar-refractivity contribution >= 4 is 30.3 Å². The molecule has 2 bridgehead atoms. The molecule has 2 aliphatic rings. The fraction of sp³-hybridized carbons (Fsp3) is 0.444. The third kappa shape index (κ3) is 6.03. The minimum atomic E-state index is -2.54. The summed E-state index contributed by atoms with van der Waals surface area (Å²) in [6.07, 6.45) is -2.17. The number of carbonyl (C=O) groups is 4. The van der Waals surface area contributed by atoms with E-state index in [1.165, 1.54) is 20.1 Å². The average molecular weight is 538 g/mol. The van der Waals surface area contributed by atoms with Crippen LogP contribution in [0.15, 0.2) is 48.5 Å². The Bertz CT molecular complexity index is 1240. The van der Waals surface area contributed by atoms with Gasteiger partial charge in [0.1, 0.15) is 23.9 Å². The Labute approximate surface area is 226 Å². The first kappa shape index (κ1) is 28.4. The van der Waals surface area contributed by atoms with Gasteiger partial charge in [-0.05, 0) is 31.4 Å². The summed E-state index contributed by atoms with van der Waals surface area (Å²) in [6.45, 7) is 2.74. The standard InChI is InChI=1S/C27H33BN3O8/c1-15(2)13-18(28-31-23(26(35)37-4)24(38-28)27(36)39-28)14-21(33)22(16(3)32)30-25(34)20-12-8-11-19(29-20)17-9-6-5-7-10-17/h5-12,15-16,18,22-24,31-32H,13-14H2,1-4H3,(H,30,34)/q-1/t16-,18?,22+,23-,24-,28?/m1/s1. The molecule has 3 heterocycles. The molecule has 4 rings (SSSR count). The summed E-state index contributed by atoms with van der Waals surface area (Å²) in [7, 11) is 1.20. The lowest BCUT2D eigenvalue weighted by Gasteiger charge is -2.42. The molecular weight excluding hydrogens is 505 g/mol. The number of pyridine rings is 1. The molecule has 1 aromatic carbocycles. The fourth-order valence-corrected chi connectivity index (χ4v) is 5.25. The molecule has 2 aliphatic heterocycles. The molecule has 2 unspecified atom stereocenters. The number of nitrogens with one attached hydrogen (secondary N) is 2. The minimum absolute atomic E-state index is 0.0731. The number of aliphatic hydroxyl groups excluding tert-OH is 1. The van der Waals surface area contributed by atoms with E-state index in [2.05, 4.69) is 15.5 Å². The summed E-state index contributed by atoms with van der Waals surface area (Å²) < 4.78 is 16.2. The van der Waals surface area contributed by atoms with Crippen LogP contribution in [0.2, 0.25) is 5.82 Å². The van der Waals surface area contributed by atoms with E-state index in [-0.39, 0.29) is 18.0 Å². The number of carbonyl (C=O) groups excluding carboxylic acids is 4. The number of rotatable bonds is 11. The van der Waals surface area contributed by atoms with Crippen molar-refractivity contribution in [3.63, 3.8) is 0 Å². The number of aromatic nitrogens is 1. The second-order valence-corrected chi connectivity index (χ2v) is 10.5. The Morgan fingerprint density at radius 2 is 1.85 bits per heavy atom. The average Bonchev–Trinajstić information content (AvgIpc) is 3.47. The quantitative estimate of drug-likeness (QED) is 0.284. The van der Waals surface area contributed by atoms with Crippen LogP contribution in [0.5, 0.6) is 0 Å². The molecule has 6 atom stereocenters. The highest BCUT2D eigenvalue weighted by Gasteiger charge is 2.60. The van der Waals surface area contributed by atoms with Crippen molar-refractivity contribution in [2.75, 3.05) is 7.11 Å². The molecule has 11 nitrogen and oxygen atoms in total. The van der Waals surface area contributed by atoms with Gasteiger partial charge in [-0.25, -0.2) is 4.98 Å². The monoisotopic (exact) mass is 538 g/mol. The largest absolute Gasteiger partial charge is 0.651 e. The van der Waals surface area contributed by atoms with Crippen LogP contribution in [0, 0.1) is 5.92 Å². The van der Waals surface area contributed by atoms with Crippen LogP contribution in [0.1, 0.15) is 44.1 Å². The minimum Gasteiger partial charge on any atom is -0.651 e. The molecule has 0 spiro atoms. The van der Waals surface area contributed by atoms with Gasteiger partial charge in [0.2, 0.25) is 0 Å². The highest BCUT2D eigenvalue weighted by molar-refractivity contribution is 6.71. The maximum Gasteiger partial charge on any atom is 0.376 e. The van der Waals surface area contributed by atoms with Crippen LogP contribution < -0.4 is 10.5 Å². The second kappa shape index (κ2) is 11.6. The Kier molecular flexibility index (Phi) is 8.48. The predicted octanol–water partition coefficient (Wildman–Crippen LogP) is 1.63. The predicted molar refractivity (Wildman–Crippen MR) is 141 cm³/mol. The lowest BCUT2D eigenvalue weighted by Crippen LogP contribution is -2.62. The van der Waals surface area contributed by atoms with Gasteiger partial charge >= 0.3 is 12.7 Å². The summed E-state index contributed by atoms with van der Waals surface area (Å²) in [5.41, 5.74) is 1.50. The molecule has 2 fully saturated rings. The Balaban J connectivity index is 1.52. The van der Waals surface area contributed by atoms with Crippen LogP contribution in [0.3, 0.4) is 0 Å². The van der Waals surface area contributed by atoms with Gasteiger partial charge < -0.3 is 29.7 Å². The van der Waals surface area contributed by atoms with Crippen LogP contribution in [0.25, 0.3) is 11.3 Å². The van der Waals surface area contributed by atoms with Gasteiger partial charge in [-0.15, -0.1) is 0 Å². The van der Waals surface area contributed by atoms with Gasteiger partial charge in [0.15, 0.2) is 5.78 Å². The number of nitrogens with zero attached hydrogens (tertiary/aromatic N) is 1. The van der Waals surface area contributed by atoms with Gasteiger partial charge in [0, 0.05) is 5.56 Å². The van der Waals surface area contributed by atoms with Crippen LogP contribution in [-0.4, -0.2) is 71.8 Å². The summed E-state index contributed by atoms with van der Waals surface area (Å²) in [6, 6.07) is 12.0. The van der Waals surface area contributed by atoms with E-state index in [9.17, 15) is 24.3 Å². The van der Waals surface area contributed by atoms with Crippen LogP contribution >= 0.6 is 0 Å². The Morgan fingerprint density at radius 3 is 2.49 bits per heavy atom. The maximum absolute atomic E-state index is 13.5. The maximum atomic E-state index is 13.5. The third-order valence-electron chi connectivity index (χ3n) is 7.07. The highest BCUT2D eigenvalue weighted by atomic mass is 16.7. The van der Waals surface area contributed by atoms with E-state index >= 15 is 0 Å².